The molecule has 34 heavy (non-hydrogen) atoms. The van der Waals surface area contributed by atoms with Crippen molar-refractivity contribution >= 4 is 22.7 Å². The van der Waals surface area contributed by atoms with Crippen LogP contribution in [0.5, 0.6) is 0 Å². The van der Waals surface area contributed by atoms with Crippen molar-refractivity contribution in [3.05, 3.63) is 100 Å². The Morgan fingerprint density at radius 2 is 1.79 bits per heavy atom. The van der Waals surface area contributed by atoms with Crippen LogP contribution < -0.4 is 0 Å². The highest BCUT2D eigenvalue weighted by molar-refractivity contribution is 5.96. The van der Waals surface area contributed by atoms with E-state index in [-0.39, 0.29) is 6.61 Å². The predicted octanol–water partition coefficient (Wildman–Crippen LogP) is 5.79. The summed E-state index contributed by atoms with van der Waals surface area (Å²) in [5.74, 6) is 0.0880. The van der Waals surface area contributed by atoms with E-state index < -0.39 is 11.8 Å². The molecule has 0 aliphatic carbocycles. The Labute approximate surface area is 198 Å². The number of imidazole rings is 1. The van der Waals surface area contributed by atoms with E-state index in [0.717, 1.165) is 45.8 Å². The van der Waals surface area contributed by atoms with E-state index in [0.29, 0.717) is 17.7 Å². The second-order valence-electron chi connectivity index (χ2n) is 8.21. The standard InChI is InChI=1S/C28H28FN3O2/c1-5-25-31-27-18(3)15-19(4)30-28(27)32(25)17-20-11-13-21(14-12-20)23(16-26(33)34-6-2)22-9-7-8-10-24(22)29/h7-16H,5-6,17H2,1-4H3/b23-16-. The molecule has 0 aliphatic heterocycles. The summed E-state index contributed by atoms with van der Waals surface area (Å²) in [6.45, 7) is 8.75. The van der Waals surface area contributed by atoms with Gasteiger partial charge >= 0.3 is 5.97 Å². The fourth-order valence-corrected chi connectivity index (χ4v) is 4.15. The van der Waals surface area contributed by atoms with Crippen LogP contribution in [0.2, 0.25) is 0 Å². The summed E-state index contributed by atoms with van der Waals surface area (Å²) in [6.07, 6.45) is 2.15. The molecule has 4 rings (SSSR count). The maximum atomic E-state index is 14.6. The molecular formula is C28H28FN3O2. The molecule has 0 unspecified atom stereocenters. The van der Waals surface area contributed by atoms with Crippen LogP contribution in [0, 0.1) is 19.7 Å². The Bertz CT molecular complexity index is 1370. The van der Waals surface area contributed by atoms with Crippen LogP contribution in [0.25, 0.3) is 16.7 Å². The van der Waals surface area contributed by atoms with Gasteiger partial charge in [-0.15, -0.1) is 0 Å². The Balaban J connectivity index is 1.71. The molecule has 2 heterocycles. The summed E-state index contributed by atoms with van der Waals surface area (Å²) in [6, 6.07) is 16.3. The quantitative estimate of drug-likeness (QED) is 0.260. The molecule has 174 valence electrons. The van der Waals surface area contributed by atoms with Gasteiger partial charge in [-0.25, -0.2) is 19.2 Å². The van der Waals surface area contributed by atoms with Gasteiger partial charge in [-0.3, -0.25) is 0 Å². The Morgan fingerprint density at radius 3 is 2.47 bits per heavy atom. The zero-order chi connectivity index (χ0) is 24.2. The number of hydrogen-bond acceptors (Lipinski definition) is 4. The number of rotatable bonds is 7. The van der Waals surface area contributed by atoms with Crippen LogP contribution in [0.15, 0.2) is 60.7 Å². The largest absolute Gasteiger partial charge is 0.463 e. The van der Waals surface area contributed by atoms with Crippen molar-refractivity contribution in [3.63, 3.8) is 0 Å². The van der Waals surface area contributed by atoms with Gasteiger partial charge in [-0.2, -0.15) is 0 Å². The highest BCUT2D eigenvalue weighted by atomic mass is 19.1. The van der Waals surface area contributed by atoms with Crippen LogP contribution in [-0.4, -0.2) is 27.1 Å². The van der Waals surface area contributed by atoms with E-state index in [1.165, 1.54) is 12.1 Å². The summed E-state index contributed by atoms with van der Waals surface area (Å²) in [5, 5.41) is 0. The molecule has 5 nitrogen and oxygen atoms in total. The molecule has 2 aromatic heterocycles. The first kappa shape index (κ1) is 23.4. The van der Waals surface area contributed by atoms with Crippen molar-refractivity contribution in [2.45, 2.75) is 40.7 Å². The number of fused-ring (bicyclic) bond motifs is 1. The highest BCUT2D eigenvalue weighted by Gasteiger charge is 2.15. The zero-order valence-corrected chi connectivity index (χ0v) is 19.9. The number of aromatic nitrogens is 3. The molecule has 0 bridgehead atoms. The Kier molecular flexibility index (Phi) is 6.87. The summed E-state index contributed by atoms with van der Waals surface area (Å²) < 4.78 is 21.8. The van der Waals surface area contributed by atoms with Crippen molar-refractivity contribution in [1.29, 1.82) is 0 Å². The van der Waals surface area contributed by atoms with Gasteiger partial charge in [0.1, 0.15) is 17.2 Å². The van der Waals surface area contributed by atoms with E-state index in [2.05, 4.69) is 18.4 Å². The van der Waals surface area contributed by atoms with Gasteiger partial charge in [0, 0.05) is 23.8 Å². The van der Waals surface area contributed by atoms with E-state index in [1.54, 1.807) is 25.1 Å². The molecule has 4 aromatic rings. The van der Waals surface area contributed by atoms with Crippen molar-refractivity contribution in [2.24, 2.45) is 0 Å². The topological polar surface area (TPSA) is 57.0 Å². The van der Waals surface area contributed by atoms with Crippen LogP contribution >= 0.6 is 0 Å². The van der Waals surface area contributed by atoms with Gasteiger partial charge in [0.25, 0.3) is 0 Å². The van der Waals surface area contributed by atoms with E-state index >= 15 is 0 Å². The molecule has 6 heteroatoms. The number of aryl methyl sites for hydroxylation is 3. The van der Waals surface area contributed by atoms with Crippen LogP contribution in [0.3, 0.4) is 0 Å². The number of halogens is 1. The minimum atomic E-state index is -0.501. The van der Waals surface area contributed by atoms with Crippen LogP contribution in [0.1, 0.15) is 47.6 Å². The van der Waals surface area contributed by atoms with Gasteiger partial charge in [0.05, 0.1) is 13.2 Å². The number of benzene rings is 2. The average molecular weight is 458 g/mol. The predicted molar refractivity (Wildman–Crippen MR) is 132 cm³/mol. The number of ether oxygens (including phenoxy) is 1. The number of hydrogen-bond donors (Lipinski definition) is 0. The third kappa shape index (κ3) is 4.76. The lowest BCUT2D eigenvalue weighted by atomic mass is 9.96. The second-order valence-corrected chi connectivity index (χ2v) is 8.21. The van der Waals surface area contributed by atoms with Gasteiger partial charge in [0.15, 0.2) is 5.65 Å². The second kappa shape index (κ2) is 10.00. The minimum absolute atomic E-state index is 0.254. The number of esters is 1. The van der Waals surface area contributed by atoms with Crippen LogP contribution in [-0.2, 0) is 22.5 Å². The molecule has 0 amide bonds. The lowest BCUT2D eigenvalue weighted by molar-refractivity contribution is -0.137. The van der Waals surface area contributed by atoms with Crippen molar-refractivity contribution in [2.75, 3.05) is 6.61 Å². The molecule has 0 saturated heterocycles. The molecule has 0 spiro atoms. The van der Waals surface area contributed by atoms with Crippen molar-refractivity contribution in [3.8, 4) is 0 Å². The van der Waals surface area contributed by atoms with Gasteiger partial charge in [-0.05, 0) is 55.2 Å². The Morgan fingerprint density at radius 1 is 1.06 bits per heavy atom. The average Bonchev–Trinajstić information content (AvgIpc) is 3.16. The normalized spacial score (nSPS) is 11.7. The third-order valence-corrected chi connectivity index (χ3v) is 5.74. The van der Waals surface area contributed by atoms with E-state index in [4.69, 9.17) is 14.7 Å². The molecule has 2 aromatic carbocycles. The minimum Gasteiger partial charge on any atom is -0.463 e. The Hall–Kier alpha value is -3.80. The van der Waals surface area contributed by atoms with Crippen LogP contribution in [0.4, 0.5) is 4.39 Å². The maximum Gasteiger partial charge on any atom is 0.331 e. The summed E-state index contributed by atoms with van der Waals surface area (Å²) in [4.78, 5) is 21.8. The third-order valence-electron chi connectivity index (χ3n) is 5.74. The summed E-state index contributed by atoms with van der Waals surface area (Å²) in [7, 11) is 0. The van der Waals surface area contributed by atoms with Gasteiger partial charge < -0.3 is 9.30 Å². The molecule has 0 radical (unpaired) electrons. The zero-order valence-electron chi connectivity index (χ0n) is 19.9. The molecule has 0 fully saturated rings. The number of pyridine rings is 1. The SMILES string of the molecule is CCOC(=O)/C=C(/c1ccc(Cn2c(CC)nc3c(C)cc(C)nc32)cc1)c1ccccc1F. The summed E-state index contributed by atoms with van der Waals surface area (Å²) >= 11 is 0. The molecule has 0 atom stereocenters. The van der Waals surface area contributed by atoms with Gasteiger partial charge in [0.2, 0.25) is 0 Å². The smallest absolute Gasteiger partial charge is 0.331 e. The number of carbonyl (C=O) groups is 1. The first-order valence-electron chi connectivity index (χ1n) is 11.5. The van der Waals surface area contributed by atoms with Gasteiger partial charge in [-0.1, -0.05) is 49.4 Å². The first-order chi connectivity index (χ1) is 16.4. The van der Waals surface area contributed by atoms with Crippen molar-refractivity contribution in [1.82, 2.24) is 14.5 Å². The fraction of sp³-hybridized carbons (Fsp3) is 0.250. The monoisotopic (exact) mass is 457 g/mol. The molecule has 0 N–H and O–H groups in total. The lowest BCUT2D eigenvalue weighted by Gasteiger charge is -2.12. The van der Waals surface area contributed by atoms with E-state index in [1.807, 2.05) is 37.3 Å². The number of carbonyl (C=O) groups excluding carboxylic acids is 1. The molecule has 0 saturated carbocycles. The lowest BCUT2D eigenvalue weighted by Crippen LogP contribution is -2.06. The highest BCUT2D eigenvalue weighted by Crippen LogP contribution is 2.27. The van der Waals surface area contributed by atoms with E-state index in [9.17, 15) is 9.18 Å². The fourth-order valence-electron chi connectivity index (χ4n) is 4.15. The van der Waals surface area contributed by atoms with Crippen molar-refractivity contribution < 1.29 is 13.9 Å². The number of nitrogens with zero attached hydrogens (tertiary/aromatic N) is 3. The first-order valence-corrected chi connectivity index (χ1v) is 11.5. The summed E-state index contributed by atoms with van der Waals surface area (Å²) in [5.41, 5.74) is 6.52. The molecular weight excluding hydrogens is 429 g/mol. The maximum absolute atomic E-state index is 14.6. The molecule has 0 aliphatic rings.